The highest BCUT2D eigenvalue weighted by Crippen LogP contribution is 2.51. The van der Waals surface area contributed by atoms with Gasteiger partial charge in [0, 0.05) is 45.3 Å². The van der Waals surface area contributed by atoms with Crippen molar-refractivity contribution in [3.8, 4) is 55.9 Å². The van der Waals surface area contributed by atoms with Gasteiger partial charge in [0.25, 0.3) is 0 Å². The Morgan fingerprint density at radius 1 is 0.202 bits per heavy atom. The normalized spacial score (nSPS) is 12.0. The Bertz CT molecular complexity index is 5290. The van der Waals surface area contributed by atoms with Crippen molar-refractivity contribution in [2.45, 2.75) is 0 Å². The smallest absolute Gasteiger partial charge is 0.0969 e. The number of hydrogen-bond donors (Lipinski definition) is 0. The maximum absolute atomic E-state index is 5.28. The molecule has 0 saturated carbocycles. The van der Waals surface area contributed by atoms with Gasteiger partial charge in [0.05, 0.1) is 33.1 Å². The molecule has 0 radical (unpaired) electrons. The van der Waals surface area contributed by atoms with Crippen LogP contribution in [0.25, 0.3) is 175 Å². The van der Waals surface area contributed by atoms with E-state index < -0.39 is 0 Å². The van der Waals surface area contributed by atoms with Gasteiger partial charge in [0.15, 0.2) is 0 Å². The van der Waals surface area contributed by atoms with Gasteiger partial charge in [-0.3, -0.25) is 9.97 Å². The van der Waals surface area contributed by atoms with Gasteiger partial charge in [-0.15, -0.1) is 0 Å². The van der Waals surface area contributed by atoms with Gasteiger partial charge in [0.2, 0.25) is 0 Å². The Morgan fingerprint density at radius 3 is 0.750 bits per heavy atom. The van der Waals surface area contributed by atoms with Crippen molar-refractivity contribution in [3.05, 3.63) is 291 Å². The maximum Gasteiger partial charge on any atom is 0.0969 e. The molecule has 4 heteroatoms. The van der Waals surface area contributed by atoms with Crippen LogP contribution in [0.5, 0.6) is 0 Å². The summed E-state index contributed by atoms with van der Waals surface area (Å²) >= 11 is 0. The first-order valence-corrected chi connectivity index (χ1v) is 28.9. The van der Waals surface area contributed by atoms with E-state index in [4.69, 9.17) is 9.97 Å². The second kappa shape index (κ2) is 18.2. The molecule has 388 valence electrons. The van der Waals surface area contributed by atoms with E-state index in [2.05, 4.69) is 288 Å². The Kier molecular flexibility index (Phi) is 10.1. The predicted molar refractivity (Wildman–Crippen MR) is 355 cm³/mol. The molecule has 0 N–H and O–H groups in total. The molecule has 0 saturated heterocycles. The van der Waals surface area contributed by atoms with Crippen LogP contribution in [0.2, 0.25) is 0 Å². The first-order valence-electron chi connectivity index (χ1n) is 28.9. The zero-order valence-corrected chi connectivity index (χ0v) is 45.5. The summed E-state index contributed by atoms with van der Waals surface area (Å²) in [7, 11) is 0. The van der Waals surface area contributed by atoms with Crippen LogP contribution in [-0.4, -0.2) is 19.1 Å². The predicted octanol–water partition coefficient (Wildman–Crippen LogP) is 21.4. The first-order chi connectivity index (χ1) is 41.8. The van der Waals surface area contributed by atoms with Gasteiger partial charge in [-0.1, -0.05) is 231 Å². The van der Waals surface area contributed by atoms with Crippen molar-refractivity contribution in [1.29, 1.82) is 0 Å². The van der Waals surface area contributed by atoms with Crippen molar-refractivity contribution in [2.75, 3.05) is 0 Å². The summed E-state index contributed by atoms with van der Waals surface area (Å²) in [4.78, 5) is 10.6. The monoisotopic (exact) mass is 1060 g/mol. The molecule has 0 fully saturated rings. The summed E-state index contributed by atoms with van der Waals surface area (Å²) in [5.41, 5.74) is 18.2. The highest BCUT2D eigenvalue weighted by Gasteiger charge is 2.28. The molecule has 4 heterocycles. The van der Waals surface area contributed by atoms with Crippen LogP contribution in [0, 0.1) is 0 Å². The van der Waals surface area contributed by atoms with E-state index in [1.54, 1.807) is 0 Å². The number of pyridine rings is 2. The minimum absolute atomic E-state index is 0.974. The van der Waals surface area contributed by atoms with Gasteiger partial charge in [-0.05, 0) is 158 Å². The van der Waals surface area contributed by atoms with Crippen LogP contribution in [-0.2, 0) is 0 Å². The third kappa shape index (κ3) is 6.59. The topological polar surface area (TPSA) is 35.6 Å². The molecule has 0 aliphatic rings. The molecule has 0 bridgehead atoms. The van der Waals surface area contributed by atoms with E-state index in [9.17, 15) is 0 Å². The van der Waals surface area contributed by atoms with Crippen molar-refractivity contribution >= 4 is 119 Å². The lowest BCUT2D eigenvalue weighted by molar-refractivity contribution is 1.18. The summed E-state index contributed by atoms with van der Waals surface area (Å²) in [5, 5.41) is 19.2. The summed E-state index contributed by atoms with van der Waals surface area (Å²) in [6.07, 6.45) is 3.89. The lowest BCUT2D eigenvalue weighted by atomic mass is 9.86. The molecule has 0 aliphatic carbocycles. The Labute approximate surface area is 483 Å². The lowest BCUT2D eigenvalue weighted by Gasteiger charge is -2.19. The Hall–Kier alpha value is -11.2. The van der Waals surface area contributed by atoms with Crippen LogP contribution in [0.15, 0.2) is 291 Å². The minimum Gasteiger partial charge on any atom is -0.307 e. The number of fused-ring (bicyclic) bond motifs is 19. The van der Waals surface area contributed by atoms with Crippen LogP contribution in [0.1, 0.15) is 0 Å². The maximum atomic E-state index is 5.28. The van der Waals surface area contributed by atoms with E-state index in [0.29, 0.717) is 0 Å². The van der Waals surface area contributed by atoms with Gasteiger partial charge in [-0.25, -0.2) is 0 Å². The van der Waals surface area contributed by atoms with Gasteiger partial charge in [0.1, 0.15) is 0 Å². The molecule has 0 atom stereocenters. The van der Waals surface area contributed by atoms with Crippen molar-refractivity contribution in [3.63, 3.8) is 0 Å². The van der Waals surface area contributed by atoms with Crippen LogP contribution in [0.4, 0.5) is 0 Å². The number of rotatable bonds is 6. The van der Waals surface area contributed by atoms with Crippen LogP contribution >= 0.6 is 0 Å². The standard InChI is InChI=1S/C80H48N4/c1-3-21-49(22-4-1)69-55-25-7-11-29-59(55)71(60-30-12-8-26-56(60)69)51-39-43-53(44-40-51)83-67-37-19-47-81-77(67)75-65-35-17-16-34-64(65)74-73(79(75)83)63-33-15-18-36-66(63)76-78-68(38-20-48-82-78)84(80(74)76)54-45-41-52(42-46-54)72-61-31-13-9-27-57(61)70(50-23-5-2-6-24-50)58-28-10-14-32-62(58)72/h1-48H. The molecule has 18 aromatic rings. The second-order valence-corrected chi connectivity index (χ2v) is 22.2. The molecule has 0 unspecified atom stereocenters. The van der Waals surface area contributed by atoms with Crippen LogP contribution in [0.3, 0.4) is 0 Å². The zero-order chi connectivity index (χ0) is 55.0. The third-order valence-electron chi connectivity index (χ3n) is 17.9. The summed E-state index contributed by atoms with van der Waals surface area (Å²) < 4.78 is 4.97. The fourth-order valence-corrected chi connectivity index (χ4v) is 14.6. The Morgan fingerprint density at radius 2 is 0.452 bits per heavy atom. The van der Waals surface area contributed by atoms with E-state index in [0.717, 1.165) is 66.0 Å². The SMILES string of the molecule is c1ccc(-c2c3ccccc3c(-c3ccc(-n4c5cccnc5c5c6ccccc6c6c(c7ccccc7c7c8ncccc8n(-c8ccc(-c9c%10ccccc%10c(-c%10ccccc%10)c%10ccccc9%10)cc8)c76)c54)cc3)c3ccccc23)cc1. The molecule has 0 spiro atoms. The molecule has 18 rings (SSSR count). The highest BCUT2D eigenvalue weighted by atomic mass is 15.0. The molecule has 4 aromatic heterocycles. The van der Waals surface area contributed by atoms with E-state index in [1.807, 2.05) is 12.4 Å². The molecule has 0 aliphatic heterocycles. The number of hydrogen-bond acceptors (Lipinski definition) is 2. The molecule has 14 aromatic carbocycles. The molecule has 0 amide bonds. The van der Waals surface area contributed by atoms with E-state index >= 15 is 0 Å². The zero-order valence-electron chi connectivity index (χ0n) is 45.5. The lowest BCUT2D eigenvalue weighted by Crippen LogP contribution is -1.98. The van der Waals surface area contributed by atoms with Crippen LogP contribution < -0.4 is 0 Å². The quantitative estimate of drug-likeness (QED) is 0.123. The fourth-order valence-electron chi connectivity index (χ4n) is 14.6. The summed E-state index contributed by atoms with van der Waals surface area (Å²) in [6, 6.07) is 103. The minimum atomic E-state index is 0.974. The first kappa shape index (κ1) is 46.5. The largest absolute Gasteiger partial charge is 0.307 e. The summed E-state index contributed by atoms with van der Waals surface area (Å²) in [5.74, 6) is 0. The highest BCUT2D eigenvalue weighted by molar-refractivity contribution is 6.44. The van der Waals surface area contributed by atoms with Crippen molar-refractivity contribution in [1.82, 2.24) is 19.1 Å². The fraction of sp³-hybridized carbons (Fsp3) is 0. The Balaban J connectivity index is 0.907. The molecular weight excluding hydrogens is 1020 g/mol. The molecular formula is C80H48N4. The number of aromatic nitrogens is 4. The number of nitrogens with zero attached hydrogens (tertiary/aromatic N) is 4. The average Bonchev–Trinajstić information content (AvgIpc) is 1.70. The van der Waals surface area contributed by atoms with Gasteiger partial charge in [-0.2, -0.15) is 0 Å². The van der Waals surface area contributed by atoms with E-state index in [1.165, 1.54) is 109 Å². The van der Waals surface area contributed by atoms with Gasteiger partial charge < -0.3 is 9.13 Å². The second-order valence-electron chi connectivity index (χ2n) is 22.2. The third-order valence-corrected chi connectivity index (χ3v) is 17.9. The number of benzene rings is 14. The van der Waals surface area contributed by atoms with Gasteiger partial charge >= 0.3 is 0 Å². The molecule has 84 heavy (non-hydrogen) atoms. The molecule has 4 nitrogen and oxygen atoms in total. The van der Waals surface area contributed by atoms with Crippen molar-refractivity contribution < 1.29 is 0 Å². The average molecular weight is 1070 g/mol. The summed E-state index contributed by atoms with van der Waals surface area (Å²) in [6.45, 7) is 0. The van der Waals surface area contributed by atoms with Crippen molar-refractivity contribution in [2.24, 2.45) is 0 Å². The van der Waals surface area contributed by atoms with E-state index in [-0.39, 0.29) is 0 Å².